The van der Waals surface area contributed by atoms with E-state index in [0.717, 1.165) is 51.8 Å². The van der Waals surface area contributed by atoms with Gasteiger partial charge >= 0.3 is 139 Å². The molecule has 0 fully saturated rings. The molecule has 22 heavy (non-hydrogen) atoms. The minimum atomic E-state index is -2.99. The molecular weight excluding hydrogens is 383 g/mol. The first-order valence-electron chi connectivity index (χ1n) is 8.81. The predicted octanol–water partition coefficient (Wildman–Crippen LogP) is 3.74. The molecule has 0 atom stereocenters. The molecule has 0 aromatic carbocycles. The number of unbranched alkanes of at least 4 members (excludes halogenated alkanes) is 3. The van der Waals surface area contributed by atoms with Crippen molar-refractivity contribution in [1.29, 1.82) is 0 Å². The molecule has 0 unspecified atom stereocenters. The van der Waals surface area contributed by atoms with E-state index in [9.17, 15) is 9.59 Å². The summed E-state index contributed by atoms with van der Waals surface area (Å²) in [6.45, 7) is 6.59. The van der Waals surface area contributed by atoms with E-state index in [4.69, 9.17) is 0 Å². The van der Waals surface area contributed by atoms with Gasteiger partial charge in [-0.2, -0.15) is 0 Å². The molecule has 0 spiro atoms. The topological polar surface area (TPSA) is 44.0 Å². The van der Waals surface area contributed by atoms with Crippen molar-refractivity contribution in [2.45, 2.75) is 72.6 Å². The summed E-state index contributed by atoms with van der Waals surface area (Å²) in [4.78, 5) is 25.2. The summed E-state index contributed by atoms with van der Waals surface area (Å²) >= 11 is -2.99. The van der Waals surface area contributed by atoms with Gasteiger partial charge in [-0.1, -0.05) is 0 Å². The van der Waals surface area contributed by atoms with Gasteiger partial charge < -0.3 is 0 Å². The number of nitrogens with zero attached hydrogens (tertiary/aromatic N) is 2. The quantitative estimate of drug-likeness (QED) is 0.547. The van der Waals surface area contributed by atoms with Crippen LogP contribution in [0.4, 0.5) is 0 Å². The average molecular weight is 415 g/mol. The fourth-order valence-corrected chi connectivity index (χ4v) is 19.1. The predicted molar refractivity (Wildman–Crippen MR) is 96.2 cm³/mol. The van der Waals surface area contributed by atoms with Crippen LogP contribution < -0.4 is 11.2 Å². The Labute approximate surface area is 138 Å². The van der Waals surface area contributed by atoms with Crippen LogP contribution in [0.25, 0.3) is 0 Å². The van der Waals surface area contributed by atoms with E-state index < -0.39 is 18.7 Å². The summed E-state index contributed by atoms with van der Waals surface area (Å²) in [6.07, 6.45) is 8.46. The molecule has 1 aromatic rings. The van der Waals surface area contributed by atoms with Crippen LogP contribution >= 0.6 is 0 Å². The van der Waals surface area contributed by atoms with Crippen molar-refractivity contribution in [1.82, 2.24) is 7.36 Å². The van der Waals surface area contributed by atoms with Crippen LogP contribution in [0.3, 0.4) is 0 Å². The molecule has 0 saturated heterocycles. The molecule has 0 N–H and O–H groups in total. The Morgan fingerprint density at radius 3 is 1.77 bits per heavy atom. The van der Waals surface area contributed by atoms with Crippen LogP contribution in [0, 0.1) is 0 Å². The van der Waals surface area contributed by atoms with Gasteiger partial charge in [0.25, 0.3) is 0 Å². The fraction of sp³-hybridized carbons (Fsp3) is 0.765. The second-order valence-corrected chi connectivity index (χ2v) is 19.0. The molecule has 0 amide bonds. The third kappa shape index (κ3) is 4.74. The van der Waals surface area contributed by atoms with Gasteiger partial charge in [-0.3, -0.25) is 0 Å². The Morgan fingerprint density at radius 2 is 1.36 bits per heavy atom. The van der Waals surface area contributed by atoms with E-state index in [1.807, 2.05) is 0 Å². The molecule has 126 valence electrons. The van der Waals surface area contributed by atoms with Crippen LogP contribution in [0.15, 0.2) is 21.9 Å². The molecule has 0 aliphatic rings. The summed E-state index contributed by atoms with van der Waals surface area (Å²) in [6, 6.07) is 1.58. The zero-order valence-electron chi connectivity index (χ0n) is 14.7. The number of aromatic nitrogens is 2. The number of hydrogen-bond acceptors (Lipinski definition) is 2. The second-order valence-electron chi connectivity index (χ2n) is 6.42. The van der Waals surface area contributed by atoms with Gasteiger partial charge in [0.2, 0.25) is 0 Å². The first-order valence-corrected chi connectivity index (χ1v) is 16.1. The molecule has 1 rings (SSSR count). The van der Waals surface area contributed by atoms with Gasteiger partial charge in [-0.05, 0) is 0 Å². The van der Waals surface area contributed by atoms with Crippen molar-refractivity contribution in [2.75, 3.05) is 0 Å². The van der Waals surface area contributed by atoms with E-state index in [-0.39, 0.29) is 11.2 Å². The molecule has 5 heteroatoms. The molecule has 0 aliphatic heterocycles. The summed E-state index contributed by atoms with van der Waals surface area (Å²) < 4.78 is 6.74. The Bertz CT molecular complexity index is 541. The van der Waals surface area contributed by atoms with Crippen LogP contribution in [-0.4, -0.2) is 26.0 Å². The summed E-state index contributed by atoms with van der Waals surface area (Å²) in [5.41, 5.74) is -0.131. The first-order chi connectivity index (χ1) is 10.5. The van der Waals surface area contributed by atoms with Crippen molar-refractivity contribution in [3.63, 3.8) is 0 Å². The average Bonchev–Trinajstić information content (AvgIpc) is 2.52. The van der Waals surface area contributed by atoms with Crippen molar-refractivity contribution in [3.8, 4) is 0 Å². The molecule has 0 saturated carbocycles. The zero-order valence-corrected chi connectivity index (χ0v) is 17.6. The minimum absolute atomic E-state index is 0.0535. The zero-order chi connectivity index (χ0) is 16.6. The Hall–Kier alpha value is -0.521. The normalized spacial score (nSPS) is 11.8. The van der Waals surface area contributed by atoms with Crippen molar-refractivity contribution < 1.29 is 0 Å². The Morgan fingerprint density at radius 1 is 0.909 bits per heavy atom. The van der Waals surface area contributed by atoms with Crippen LogP contribution in [-0.2, 0) is 7.05 Å². The van der Waals surface area contributed by atoms with Gasteiger partial charge in [0.15, 0.2) is 0 Å². The van der Waals surface area contributed by atoms with E-state index in [0.29, 0.717) is 0 Å². The van der Waals surface area contributed by atoms with Crippen LogP contribution in [0.2, 0.25) is 13.3 Å². The third-order valence-electron chi connectivity index (χ3n) is 4.62. The van der Waals surface area contributed by atoms with Gasteiger partial charge in [0, 0.05) is 0 Å². The second kappa shape index (κ2) is 9.58. The fourth-order valence-electron chi connectivity index (χ4n) is 3.23. The maximum atomic E-state index is 12.7. The SMILES string of the molecule is CCC[CH2][Sn]([CH2]CCC)([CH2]CCC)[n]1c(=O)ccn(C)c1=O. The summed E-state index contributed by atoms with van der Waals surface area (Å²) in [5, 5.41) is 0. The first kappa shape index (κ1) is 19.5. The van der Waals surface area contributed by atoms with Gasteiger partial charge in [-0.15, -0.1) is 0 Å². The van der Waals surface area contributed by atoms with Crippen LogP contribution in [0.1, 0.15) is 59.3 Å². The van der Waals surface area contributed by atoms with E-state index in [1.165, 1.54) is 0 Å². The van der Waals surface area contributed by atoms with Crippen molar-refractivity contribution in [3.05, 3.63) is 33.1 Å². The maximum absolute atomic E-state index is 12.7. The molecule has 0 bridgehead atoms. The molecular formula is C17H32N2O2Sn. The Kier molecular flexibility index (Phi) is 8.50. The molecule has 1 aromatic heterocycles. The van der Waals surface area contributed by atoms with Gasteiger partial charge in [-0.25, -0.2) is 0 Å². The number of aryl methyl sites for hydroxylation is 1. The molecule has 0 aliphatic carbocycles. The Balaban J connectivity index is 3.41. The van der Waals surface area contributed by atoms with E-state index in [2.05, 4.69) is 20.8 Å². The molecule has 0 radical (unpaired) electrons. The van der Waals surface area contributed by atoms with E-state index in [1.54, 1.807) is 26.7 Å². The van der Waals surface area contributed by atoms with E-state index >= 15 is 0 Å². The third-order valence-corrected chi connectivity index (χ3v) is 19.5. The number of hydrogen-bond donors (Lipinski definition) is 0. The van der Waals surface area contributed by atoms with Gasteiger partial charge in [0.05, 0.1) is 0 Å². The standard InChI is InChI=1S/C5H6N2O2.3C4H9.Sn/c1-7-3-2-4(8)6-5(7)9;3*1-3-4-2;/h2-3H,1H3,(H,6,8,9);3*1,3-4H2,2H3;/q;;;;+1/p-1. The van der Waals surface area contributed by atoms with Crippen LogP contribution in [0.5, 0.6) is 0 Å². The van der Waals surface area contributed by atoms with Crippen molar-refractivity contribution in [2.24, 2.45) is 7.05 Å². The summed E-state index contributed by atoms with van der Waals surface area (Å²) in [5.74, 6) is 0. The van der Waals surface area contributed by atoms with Gasteiger partial charge in [0.1, 0.15) is 0 Å². The monoisotopic (exact) mass is 416 g/mol. The summed E-state index contributed by atoms with van der Waals surface area (Å²) in [7, 11) is 1.76. The molecule has 1 heterocycles. The number of rotatable bonds is 10. The van der Waals surface area contributed by atoms with Crippen molar-refractivity contribution >= 4 is 18.7 Å². The molecule has 4 nitrogen and oxygen atoms in total.